The molecule has 4 heteroatoms. The lowest BCUT2D eigenvalue weighted by atomic mass is 10.1. The molecule has 2 aromatic rings. The van der Waals surface area contributed by atoms with Crippen molar-refractivity contribution in [2.24, 2.45) is 0 Å². The van der Waals surface area contributed by atoms with Gasteiger partial charge in [0, 0.05) is 31.1 Å². The number of carbonyl (C=O) groups excluding carboxylic acids is 1. The van der Waals surface area contributed by atoms with E-state index in [1.807, 2.05) is 6.07 Å². The maximum Gasteiger partial charge on any atom is 0.255 e. The second-order valence-corrected chi connectivity index (χ2v) is 3.78. The molecule has 1 N–H and O–H groups in total. The van der Waals surface area contributed by atoms with E-state index in [9.17, 15) is 9.59 Å². The Balaban J connectivity index is 2.77. The Morgan fingerprint density at radius 2 is 1.81 bits per heavy atom. The number of benzene rings is 1. The monoisotopic (exact) mass is 216 g/mol. The molecule has 1 amide bonds. The molecule has 0 unspecified atom stereocenters. The second kappa shape index (κ2) is 3.81. The quantitative estimate of drug-likeness (QED) is 0.779. The van der Waals surface area contributed by atoms with E-state index < -0.39 is 0 Å². The van der Waals surface area contributed by atoms with E-state index in [4.69, 9.17) is 0 Å². The van der Waals surface area contributed by atoms with Crippen LogP contribution in [0.1, 0.15) is 10.4 Å². The van der Waals surface area contributed by atoms with Crippen LogP contribution in [0.5, 0.6) is 0 Å². The molecule has 82 valence electrons. The number of hydrogen-bond acceptors (Lipinski definition) is 2. The third kappa shape index (κ3) is 1.58. The minimum atomic E-state index is -0.175. The highest BCUT2D eigenvalue weighted by Gasteiger charge is 2.12. The number of fused-ring (bicyclic) bond motifs is 1. The van der Waals surface area contributed by atoms with E-state index in [1.54, 1.807) is 32.3 Å². The summed E-state index contributed by atoms with van der Waals surface area (Å²) in [6, 6.07) is 7.08. The Kier molecular flexibility index (Phi) is 2.48. The normalized spacial score (nSPS) is 10.4. The summed E-state index contributed by atoms with van der Waals surface area (Å²) in [5.74, 6) is -0.118. The van der Waals surface area contributed by atoms with E-state index >= 15 is 0 Å². The Hall–Kier alpha value is -2.10. The fourth-order valence-corrected chi connectivity index (χ4v) is 1.63. The Morgan fingerprint density at radius 1 is 1.19 bits per heavy atom. The van der Waals surface area contributed by atoms with Crippen molar-refractivity contribution in [3.05, 3.63) is 46.4 Å². The zero-order valence-electron chi connectivity index (χ0n) is 9.15. The fourth-order valence-electron chi connectivity index (χ4n) is 1.63. The minimum Gasteiger partial charge on any atom is -0.345 e. The molecule has 0 atom stereocenters. The first-order valence-corrected chi connectivity index (χ1v) is 4.93. The van der Waals surface area contributed by atoms with Gasteiger partial charge >= 0.3 is 0 Å². The molecule has 1 aromatic heterocycles. The summed E-state index contributed by atoms with van der Waals surface area (Å²) < 4.78 is 0. The van der Waals surface area contributed by atoms with Gasteiger partial charge in [0.25, 0.3) is 11.5 Å². The standard InChI is InChI=1S/C12H12N2O2/c1-14(2)12(16)10-7-13-11(15)9-6-4-3-5-8(9)10/h3-7H,1-2H3,(H,13,15). The van der Waals surface area contributed by atoms with Crippen LogP contribution in [0.25, 0.3) is 10.8 Å². The number of pyridine rings is 1. The molecular formula is C12H12N2O2. The summed E-state index contributed by atoms with van der Waals surface area (Å²) in [5, 5.41) is 1.22. The van der Waals surface area contributed by atoms with Crippen molar-refractivity contribution in [3.63, 3.8) is 0 Å². The lowest BCUT2D eigenvalue weighted by Crippen LogP contribution is -2.23. The lowest BCUT2D eigenvalue weighted by molar-refractivity contribution is 0.0829. The number of aromatic amines is 1. The van der Waals surface area contributed by atoms with Gasteiger partial charge < -0.3 is 9.88 Å². The van der Waals surface area contributed by atoms with Crippen LogP contribution in [0.15, 0.2) is 35.3 Å². The number of amides is 1. The molecule has 0 saturated carbocycles. The van der Waals surface area contributed by atoms with E-state index in [2.05, 4.69) is 4.98 Å². The van der Waals surface area contributed by atoms with Crippen LogP contribution < -0.4 is 5.56 Å². The highest BCUT2D eigenvalue weighted by Crippen LogP contribution is 2.15. The van der Waals surface area contributed by atoms with Gasteiger partial charge in [0.05, 0.1) is 5.56 Å². The number of nitrogens with one attached hydrogen (secondary N) is 1. The van der Waals surface area contributed by atoms with Crippen LogP contribution in [0.4, 0.5) is 0 Å². The van der Waals surface area contributed by atoms with Crippen molar-refractivity contribution >= 4 is 16.7 Å². The summed E-state index contributed by atoms with van der Waals surface area (Å²) in [7, 11) is 3.37. The van der Waals surface area contributed by atoms with Crippen molar-refractivity contribution in [2.45, 2.75) is 0 Å². The Morgan fingerprint density at radius 3 is 2.44 bits per heavy atom. The van der Waals surface area contributed by atoms with Gasteiger partial charge in [-0.15, -0.1) is 0 Å². The van der Waals surface area contributed by atoms with Crippen molar-refractivity contribution in [1.82, 2.24) is 9.88 Å². The number of H-pyrrole nitrogens is 1. The number of carbonyl (C=O) groups is 1. The Bertz CT molecular complexity index is 599. The largest absolute Gasteiger partial charge is 0.345 e. The predicted octanol–water partition coefficient (Wildman–Crippen LogP) is 1.23. The molecule has 0 aliphatic rings. The van der Waals surface area contributed by atoms with E-state index in [1.165, 1.54) is 11.1 Å². The first-order chi connectivity index (χ1) is 7.61. The highest BCUT2D eigenvalue weighted by atomic mass is 16.2. The average Bonchev–Trinajstić information content (AvgIpc) is 2.29. The van der Waals surface area contributed by atoms with Crippen molar-refractivity contribution in [2.75, 3.05) is 14.1 Å². The van der Waals surface area contributed by atoms with Gasteiger partial charge in [-0.25, -0.2) is 0 Å². The molecular weight excluding hydrogens is 204 g/mol. The van der Waals surface area contributed by atoms with Crippen LogP contribution in [-0.4, -0.2) is 29.9 Å². The molecule has 4 nitrogen and oxygen atoms in total. The van der Waals surface area contributed by atoms with E-state index in [0.29, 0.717) is 16.3 Å². The Labute approximate surface area is 92.5 Å². The fraction of sp³-hybridized carbons (Fsp3) is 0.167. The molecule has 0 saturated heterocycles. The minimum absolute atomic E-state index is 0.118. The number of hydrogen-bond donors (Lipinski definition) is 1. The third-order valence-corrected chi connectivity index (χ3v) is 2.45. The van der Waals surface area contributed by atoms with Gasteiger partial charge in [0.1, 0.15) is 0 Å². The molecule has 0 aliphatic heterocycles. The molecule has 2 rings (SSSR count). The summed E-state index contributed by atoms with van der Waals surface area (Å²) in [6.45, 7) is 0. The number of nitrogens with zero attached hydrogens (tertiary/aromatic N) is 1. The molecule has 16 heavy (non-hydrogen) atoms. The maximum atomic E-state index is 11.9. The van der Waals surface area contributed by atoms with Crippen LogP contribution >= 0.6 is 0 Å². The summed E-state index contributed by atoms with van der Waals surface area (Å²) >= 11 is 0. The predicted molar refractivity (Wildman–Crippen MR) is 62.6 cm³/mol. The molecule has 1 heterocycles. The van der Waals surface area contributed by atoms with E-state index in [0.717, 1.165) is 0 Å². The zero-order chi connectivity index (χ0) is 11.7. The van der Waals surface area contributed by atoms with Gasteiger partial charge in [-0.1, -0.05) is 18.2 Å². The van der Waals surface area contributed by atoms with Crippen LogP contribution in [0, 0.1) is 0 Å². The van der Waals surface area contributed by atoms with Crippen LogP contribution in [-0.2, 0) is 0 Å². The van der Waals surface area contributed by atoms with Crippen molar-refractivity contribution in [1.29, 1.82) is 0 Å². The first-order valence-electron chi connectivity index (χ1n) is 4.93. The SMILES string of the molecule is CN(C)C(=O)c1c[nH]c(=O)c2ccccc12. The number of rotatable bonds is 1. The first kappa shape index (κ1) is 10.4. The zero-order valence-corrected chi connectivity index (χ0v) is 9.15. The van der Waals surface area contributed by atoms with Crippen molar-refractivity contribution < 1.29 is 4.79 Å². The van der Waals surface area contributed by atoms with Gasteiger partial charge in [-0.3, -0.25) is 9.59 Å². The van der Waals surface area contributed by atoms with E-state index in [-0.39, 0.29) is 11.5 Å². The summed E-state index contributed by atoms with van der Waals surface area (Å²) in [6.07, 6.45) is 1.47. The molecule has 0 radical (unpaired) electrons. The second-order valence-electron chi connectivity index (χ2n) is 3.78. The van der Waals surface area contributed by atoms with Gasteiger partial charge in [-0.2, -0.15) is 0 Å². The molecule has 0 spiro atoms. The molecule has 1 aromatic carbocycles. The topological polar surface area (TPSA) is 53.2 Å². The molecule has 0 bridgehead atoms. The molecule has 0 fully saturated rings. The highest BCUT2D eigenvalue weighted by molar-refractivity contribution is 6.06. The van der Waals surface area contributed by atoms with Crippen LogP contribution in [0.3, 0.4) is 0 Å². The van der Waals surface area contributed by atoms with Gasteiger partial charge in [-0.05, 0) is 6.07 Å². The number of aromatic nitrogens is 1. The average molecular weight is 216 g/mol. The molecule has 0 aliphatic carbocycles. The summed E-state index contributed by atoms with van der Waals surface area (Å²) in [4.78, 5) is 27.5. The lowest BCUT2D eigenvalue weighted by Gasteiger charge is -2.11. The summed E-state index contributed by atoms with van der Waals surface area (Å²) in [5.41, 5.74) is 0.339. The maximum absolute atomic E-state index is 11.9. The van der Waals surface area contributed by atoms with Gasteiger partial charge in [0.15, 0.2) is 0 Å². The smallest absolute Gasteiger partial charge is 0.255 e. The van der Waals surface area contributed by atoms with Crippen LogP contribution in [0.2, 0.25) is 0 Å². The van der Waals surface area contributed by atoms with Gasteiger partial charge in [0.2, 0.25) is 0 Å². The third-order valence-electron chi connectivity index (χ3n) is 2.45. The van der Waals surface area contributed by atoms with Crippen molar-refractivity contribution in [3.8, 4) is 0 Å².